The topological polar surface area (TPSA) is 60.4 Å². The summed E-state index contributed by atoms with van der Waals surface area (Å²) in [6.45, 7) is 5.83. The third kappa shape index (κ3) is 5.43. The fraction of sp³-hybridized carbons (Fsp3) is 0.304. The minimum atomic E-state index is -0.0944. The number of hydrogen-bond donors (Lipinski definition) is 0. The molecule has 0 atom stereocenters. The standard InChI is InChI=1S/C23H26N2O4S/c1-4-28-19-12-11-17(20(16-19)29-5-2)15-21-22(26)25(13-14-27-3)23(30-21)24-18-9-7-6-8-10-18/h6-12,15-16H,4-5,13-14H2,1-3H3/b21-15+,24-23?. The summed E-state index contributed by atoms with van der Waals surface area (Å²) >= 11 is 1.35. The normalized spacial score (nSPS) is 16.5. The highest BCUT2D eigenvalue weighted by Gasteiger charge is 2.33. The van der Waals surface area contributed by atoms with Crippen molar-refractivity contribution >= 4 is 34.6 Å². The maximum absolute atomic E-state index is 13.1. The van der Waals surface area contributed by atoms with Gasteiger partial charge in [-0.15, -0.1) is 0 Å². The van der Waals surface area contributed by atoms with Gasteiger partial charge in [0.15, 0.2) is 5.17 Å². The molecule has 1 aliphatic rings. The van der Waals surface area contributed by atoms with E-state index in [2.05, 4.69) is 4.99 Å². The van der Waals surface area contributed by atoms with Crippen LogP contribution in [0.4, 0.5) is 5.69 Å². The average Bonchev–Trinajstić information content (AvgIpc) is 3.03. The van der Waals surface area contributed by atoms with Crippen LogP contribution < -0.4 is 9.47 Å². The summed E-state index contributed by atoms with van der Waals surface area (Å²) in [5.74, 6) is 1.32. The molecule has 0 aromatic heterocycles. The van der Waals surface area contributed by atoms with Crippen molar-refractivity contribution in [2.45, 2.75) is 13.8 Å². The van der Waals surface area contributed by atoms with E-state index in [1.807, 2.05) is 68.5 Å². The summed E-state index contributed by atoms with van der Waals surface area (Å²) in [6.07, 6.45) is 1.85. The number of methoxy groups -OCH3 is 1. The second-order valence-electron chi connectivity index (χ2n) is 6.36. The lowest BCUT2D eigenvalue weighted by Crippen LogP contribution is -2.32. The first-order valence-corrected chi connectivity index (χ1v) is 10.7. The quantitative estimate of drug-likeness (QED) is 0.542. The number of para-hydroxylation sites is 1. The van der Waals surface area contributed by atoms with Crippen molar-refractivity contribution in [2.24, 2.45) is 4.99 Å². The van der Waals surface area contributed by atoms with Gasteiger partial charge in [-0.3, -0.25) is 9.69 Å². The Morgan fingerprint density at radius 1 is 1.07 bits per heavy atom. The van der Waals surface area contributed by atoms with E-state index in [0.717, 1.165) is 17.0 Å². The smallest absolute Gasteiger partial charge is 0.266 e. The highest BCUT2D eigenvalue weighted by Crippen LogP contribution is 2.36. The molecule has 30 heavy (non-hydrogen) atoms. The van der Waals surface area contributed by atoms with E-state index < -0.39 is 0 Å². The van der Waals surface area contributed by atoms with Crippen LogP contribution in [-0.2, 0) is 9.53 Å². The number of thioether (sulfide) groups is 1. The number of benzene rings is 2. The molecule has 1 saturated heterocycles. The third-order valence-corrected chi connectivity index (χ3v) is 5.28. The van der Waals surface area contributed by atoms with Crippen molar-refractivity contribution in [3.63, 3.8) is 0 Å². The zero-order valence-corrected chi connectivity index (χ0v) is 18.3. The Bertz CT molecular complexity index is 928. The van der Waals surface area contributed by atoms with Gasteiger partial charge in [0.25, 0.3) is 5.91 Å². The fourth-order valence-corrected chi connectivity index (χ4v) is 3.91. The number of nitrogens with zero attached hydrogens (tertiary/aromatic N) is 2. The zero-order chi connectivity index (χ0) is 21.3. The van der Waals surface area contributed by atoms with Gasteiger partial charge in [-0.05, 0) is 56.0 Å². The minimum Gasteiger partial charge on any atom is -0.494 e. The zero-order valence-electron chi connectivity index (χ0n) is 17.5. The van der Waals surface area contributed by atoms with Crippen LogP contribution in [0.15, 0.2) is 58.4 Å². The van der Waals surface area contributed by atoms with Crippen LogP contribution in [0.25, 0.3) is 6.08 Å². The number of rotatable bonds is 9. The van der Waals surface area contributed by atoms with Crippen molar-refractivity contribution in [3.8, 4) is 11.5 Å². The Morgan fingerprint density at radius 3 is 2.53 bits per heavy atom. The molecule has 1 heterocycles. The van der Waals surface area contributed by atoms with Gasteiger partial charge in [-0.25, -0.2) is 4.99 Å². The van der Waals surface area contributed by atoms with Crippen LogP contribution >= 0.6 is 11.8 Å². The van der Waals surface area contributed by atoms with Gasteiger partial charge in [0.05, 0.1) is 37.0 Å². The number of carbonyl (C=O) groups is 1. The lowest BCUT2D eigenvalue weighted by Gasteiger charge is -2.14. The molecule has 2 aromatic rings. The van der Waals surface area contributed by atoms with E-state index in [-0.39, 0.29) is 5.91 Å². The lowest BCUT2D eigenvalue weighted by atomic mass is 10.1. The number of carbonyl (C=O) groups excluding carboxylic acids is 1. The predicted octanol–water partition coefficient (Wildman–Crippen LogP) is 4.73. The lowest BCUT2D eigenvalue weighted by molar-refractivity contribution is -0.122. The maximum Gasteiger partial charge on any atom is 0.266 e. The molecule has 0 aliphatic carbocycles. The van der Waals surface area contributed by atoms with Gasteiger partial charge in [0, 0.05) is 18.7 Å². The first-order valence-electron chi connectivity index (χ1n) is 9.90. The number of aliphatic imine (C=N–C) groups is 1. The molecule has 1 aliphatic heterocycles. The van der Waals surface area contributed by atoms with E-state index >= 15 is 0 Å². The van der Waals surface area contributed by atoms with Crippen LogP contribution in [0, 0.1) is 0 Å². The Hall–Kier alpha value is -2.77. The van der Waals surface area contributed by atoms with E-state index in [0.29, 0.717) is 42.2 Å². The monoisotopic (exact) mass is 426 g/mol. The molecule has 0 radical (unpaired) electrons. The summed E-state index contributed by atoms with van der Waals surface area (Å²) < 4.78 is 16.5. The summed E-state index contributed by atoms with van der Waals surface area (Å²) in [5, 5.41) is 0.637. The molecule has 0 N–H and O–H groups in total. The number of amidine groups is 1. The van der Waals surface area contributed by atoms with Crippen molar-refractivity contribution in [2.75, 3.05) is 33.5 Å². The van der Waals surface area contributed by atoms with Crippen LogP contribution in [0.2, 0.25) is 0 Å². The summed E-state index contributed by atoms with van der Waals surface area (Å²) in [6, 6.07) is 15.2. The molecule has 2 aromatic carbocycles. The second-order valence-corrected chi connectivity index (χ2v) is 7.36. The SMILES string of the molecule is CCOc1ccc(/C=C2/SC(=Nc3ccccc3)N(CCOC)C2=O)c(OCC)c1. The van der Waals surface area contributed by atoms with Crippen LogP contribution in [0.3, 0.4) is 0 Å². The van der Waals surface area contributed by atoms with Gasteiger partial charge >= 0.3 is 0 Å². The number of amides is 1. The number of ether oxygens (including phenoxy) is 3. The molecule has 0 unspecified atom stereocenters. The Labute approximate surface area is 181 Å². The molecule has 0 bridgehead atoms. The molecule has 0 saturated carbocycles. The largest absolute Gasteiger partial charge is 0.494 e. The molecule has 1 fully saturated rings. The Kier molecular flexibility index (Phi) is 7.93. The summed E-state index contributed by atoms with van der Waals surface area (Å²) in [7, 11) is 1.62. The second kappa shape index (κ2) is 10.8. The molecule has 6 nitrogen and oxygen atoms in total. The minimum absolute atomic E-state index is 0.0944. The number of hydrogen-bond acceptors (Lipinski definition) is 6. The molecular formula is C23H26N2O4S. The first kappa shape index (κ1) is 21.9. The van der Waals surface area contributed by atoms with Gasteiger partial charge in [-0.1, -0.05) is 18.2 Å². The third-order valence-electron chi connectivity index (χ3n) is 4.27. The Balaban J connectivity index is 1.94. The van der Waals surface area contributed by atoms with E-state index in [9.17, 15) is 4.79 Å². The van der Waals surface area contributed by atoms with Crippen molar-refractivity contribution < 1.29 is 19.0 Å². The summed E-state index contributed by atoms with van der Waals surface area (Å²) in [5.41, 5.74) is 1.62. The average molecular weight is 427 g/mol. The molecule has 3 rings (SSSR count). The van der Waals surface area contributed by atoms with Gasteiger partial charge < -0.3 is 14.2 Å². The predicted molar refractivity (Wildman–Crippen MR) is 121 cm³/mol. The maximum atomic E-state index is 13.1. The molecular weight excluding hydrogens is 400 g/mol. The molecule has 1 amide bonds. The Morgan fingerprint density at radius 2 is 1.83 bits per heavy atom. The van der Waals surface area contributed by atoms with Gasteiger partial charge in [-0.2, -0.15) is 0 Å². The van der Waals surface area contributed by atoms with Gasteiger partial charge in [0.2, 0.25) is 0 Å². The van der Waals surface area contributed by atoms with Crippen molar-refractivity contribution in [1.29, 1.82) is 0 Å². The van der Waals surface area contributed by atoms with Crippen molar-refractivity contribution in [1.82, 2.24) is 4.90 Å². The van der Waals surface area contributed by atoms with E-state index in [1.54, 1.807) is 12.0 Å². The molecule has 158 valence electrons. The van der Waals surface area contributed by atoms with Crippen LogP contribution in [0.5, 0.6) is 11.5 Å². The summed E-state index contributed by atoms with van der Waals surface area (Å²) in [4.78, 5) is 20.0. The molecule has 7 heteroatoms. The van der Waals surface area contributed by atoms with Crippen molar-refractivity contribution in [3.05, 3.63) is 59.0 Å². The van der Waals surface area contributed by atoms with Crippen LogP contribution in [0.1, 0.15) is 19.4 Å². The fourth-order valence-electron chi connectivity index (χ4n) is 2.90. The highest BCUT2D eigenvalue weighted by atomic mass is 32.2. The highest BCUT2D eigenvalue weighted by molar-refractivity contribution is 8.18. The first-order chi connectivity index (χ1) is 14.7. The van der Waals surface area contributed by atoms with E-state index in [1.165, 1.54) is 11.8 Å². The van der Waals surface area contributed by atoms with Crippen LogP contribution in [-0.4, -0.2) is 49.4 Å². The van der Waals surface area contributed by atoms with Gasteiger partial charge in [0.1, 0.15) is 11.5 Å². The molecule has 0 spiro atoms. The van der Waals surface area contributed by atoms with E-state index in [4.69, 9.17) is 14.2 Å².